The van der Waals surface area contributed by atoms with Gasteiger partial charge >= 0.3 is 0 Å². The molecular weight excluding hydrogens is 295 g/mol. The molecule has 4 rings (SSSR count). The number of benzene rings is 1. The second-order valence-corrected chi connectivity index (χ2v) is 6.23. The number of hydrogen-bond donors (Lipinski definition) is 0. The predicted molar refractivity (Wildman–Crippen MR) is 84.7 cm³/mol. The molecule has 2 aromatic rings. The molecule has 1 aromatic carbocycles. The highest BCUT2D eigenvalue weighted by Gasteiger charge is 2.47. The lowest BCUT2D eigenvalue weighted by molar-refractivity contribution is -0.133. The number of halogens is 1. The fraction of sp³-hybridized carbons (Fsp3) is 0.389. The highest BCUT2D eigenvalue weighted by Crippen LogP contribution is 2.48. The van der Waals surface area contributed by atoms with E-state index in [1.807, 2.05) is 28.0 Å². The molecule has 0 radical (unpaired) electrons. The number of nitrogens with zero attached hydrogens (tertiary/aromatic N) is 2. The van der Waals surface area contributed by atoms with E-state index in [0.717, 1.165) is 12.2 Å². The fourth-order valence-electron chi connectivity index (χ4n) is 3.40. The first-order valence-electron chi connectivity index (χ1n) is 8.05. The maximum atomic E-state index is 13.8. The van der Waals surface area contributed by atoms with Gasteiger partial charge in [-0.3, -0.25) is 4.79 Å². The summed E-state index contributed by atoms with van der Waals surface area (Å²) in [6, 6.07) is 10.6. The Labute approximate surface area is 134 Å². The minimum Gasteiger partial charge on any atom is -0.469 e. The molecule has 1 amide bonds. The summed E-state index contributed by atoms with van der Waals surface area (Å²) in [4.78, 5) is 16.5. The van der Waals surface area contributed by atoms with Gasteiger partial charge < -0.3 is 14.2 Å². The van der Waals surface area contributed by atoms with E-state index in [0.29, 0.717) is 31.9 Å². The van der Waals surface area contributed by atoms with Crippen molar-refractivity contribution in [1.82, 2.24) is 4.90 Å². The van der Waals surface area contributed by atoms with Crippen LogP contribution in [0.2, 0.25) is 0 Å². The lowest BCUT2D eigenvalue weighted by Gasteiger charge is -2.36. The van der Waals surface area contributed by atoms with Crippen molar-refractivity contribution in [3.63, 3.8) is 0 Å². The number of piperazine rings is 1. The summed E-state index contributed by atoms with van der Waals surface area (Å²) < 4.78 is 19.2. The van der Waals surface area contributed by atoms with Gasteiger partial charge in [0.15, 0.2) is 0 Å². The molecule has 5 heteroatoms. The molecule has 1 aliphatic heterocycles. The second-order valence-electron chi connectivity index (χ2n) is 6.23. The number of carbonyl (C=O) groups is 1. The lowest BCUT2D eigenvalue weighted by Crippen LogP contribution is -2.49. The van der Waals surface area contributed by atoms with Crippen LogP contribution in [0.25, 0.3) is 0 Å². The number of amides is 1. The summed E-state index contributed by atoms with van der Waals surface area (Å²) >= 11 is 0. The molecule has 0 unspecified atom stereocenters. The zero-order chi connectivity index (χ0) is 15.8. The van der Waals surface area contributed by atoms with Crippen molar-refractivity contribution in [3.8, 4) is 0 Å². The maximum absolute atomic E-state index is 13.8. The molecular formula is C18H19FN2O2. The number of hydrogen-bond acceptors (Lipinski definition) is 3. The quantitative estimate of drug-likeness (QED) is 0.874. The molecule has 2 aliphatic rings. The van der Waals surface area contributed by atoms with Gasteiger partial charge in [-0.15, -0.1) is 0 Å². The van der Waals surface area contributed by atoms with E-state index in [4.69, 9.17) is 4.42 Å². The van der Waals surface area contributed by atoms with Gasteiger partial charge in [-0.2, -0.15) is 0 Å². The summed E-state index contributed by atoms with van der Waals surface area (Å²) in [6.45, 7) is 2.64. The Hall–Kier alpha value is -2.30. The first kappa shape index (κ1) is 14.3. The number of para-hydroxylation sites is 1. The molecule has 0 spiro atoms. The van der Waals surface area contributed by atoms with E-state index in [9.17, 15) is 9.18 Å². The van der Waals surface area contributed by atoms with Crippen LogP contribution in [0.4, 0.5) is 10.1 Å². The van der Waals surface area contributed by atoms with Crippen LogP contribution in [0.1, 0.15) is 18.1 Å². The third-order valence-corrected chi connectivity index (χ3v) is 4.80. The van der Waals surface area contributed by atoms with E-state index < -0.39 is 0 Å². The molecule has 23 heavy (non-hydrogen) atoms. The highest BCUT2D eigenvalue weighted by atomic mass is 19.1. The highest BCUT2D eigenvalue weighted by molar-refractivity contribution is 5.83. The SMILES string of the molecule is O=C([C@H]1C[C@@H]1c1ccco1)N1CCN(c2ccccc2F)CC1. The van der Waals surface area contributed by atoms with Gasteiger partial charge in [0, 0.05) is 38.0 Å². The summed E-state index contributed by atoms with van der Waals surface area (Å²) in [7, 11) is 0. The average molecular weight is 314 g/mol. The van der Waals surface area contributed by atoms with Crippen molar-refractivity contribution in [2.45, 2.75) is 12.3 Å². The topological polar surface area (TPSA) is 36.7 Å². The van der Waals surface area contributed by atoms with Gasteiger partial charge in [-0.1, -0.05) is 12.1 Å². The molecule has 120 valence electrons. The standard InChI is InChI=1S/C18H19FN2O2/c19-15-4-1-2-5-16(15)20-7-9-21(10-8-20)18(22)14-12-13(14)17-6-3-11-23-17/h1-6,11,13-14H,7-10,12H2/t13-,14-/m0/s1. The van der Waals surface area contributed by atoms with Crippen molar-refractivity contribution < 1.29 is 13.6 Å². The van der Waals surface area contributed by atoms with Gasteiger partial charge in [0.1, 0.15) is 11.6 Å². The summed E-state index contributed by atoms with van der Waals surface area (Å²) in [5.41, 5.74) is 0.625. The Balaban J connectivity index is 1.35. The predicted octanol–water partition coefficient (Wildman–Crippen LogP) is 2.87. The van der Waals surface area contributed by atoms with Crippen LogP contribution in [-0.2, 0) is 4.79 Å². The molecule has 0 bridgehead atoms. The van der Waals surface area contributed by atoms with Gasteiger partial charge in [0.05, 0.1) is 12.0 Å². The van der Waals surface area contributed by atoms with Crippen molar-refractivity contribution in [2.75, 3.05) is 31.1 Å². The van der Waals surface area contributed by atoms with Crippen molar-refractivity contribution in [3.05, 3.63) is 54.2 Å². The monoisotopic (exact) mass is 314 g/mol. The van der Waals surface area contributed by atoms with E-state index in [-0.39, 0.29) is 23.6 Å². The van der Waals surface area contributed by atoms with Crippen LogP contribution in [0.15, 0.2) is 47.1 Å². The Morgan fingerprint density at radius 1 is 1.09 bits per heavy atom. The number of furan rings is 1. The second kappa shape index (κ2) is 5.72. The van der Waals surface area contributed by atoms with Crippen LogP contribution in [-0.4, -0.2) is 37.0 Å². The van der Waals surface area contributed by atoms with Gasteiger partial charge in [-0.25, -0.2) is 4.39 Å². The minimum atomic E-state index is -0.202. The Morgan fingerprint density at radius 2 is 1.87 bits per heavy atom. The molecule has 1 saturated heterocycles. The van der Waals surface area contributed by atoms with E-state index >= 15 is 0 Å². The number of rotatable bonds is 3. The lowest BCUT2D eigenvalue weighted by atomic mass is 10.2. The Kier molecular flexibility index (Phi) is 3.56. The molecule has 2 atom stereocenters. The van der Waals surface area contributed by atoms with Gasteiger partial charge in [0.2, 0.25) is 5.91 Å². The largest absolute Gasteiger partial charge is 0.469 e. The fourth-order valence-corrected chi connectivity index (χ4v) is 3.40. The molecule has 0 N–H and O–H groups in total. The van der Waals surface area contributed by atoms with Crippen LogP contribution in [0.3, 0.4) is 0 Å². The first-order chi connectivity index (χ1) is 11.2. The van der Waals surface area contributed by atoms with Crippen molar-refractivity contribution in [2.24, 2.45) is 5.92 Å². The molecule has 4 nitrogen and oxygen atoms in total. The summed E-state index contributed by atoms with van der Waals surface area (Å²) in [6.07, 6.45) is 2.53. The zero-order valence-corrected chi connectivity index (χ0v) is 12.8. The van der Waals surface area contributed by atoms with Crippen LogP contribution < -0.4 is 4.90 Å². The van der Waals surface area contributed by atoms with Crippen molar-refractivity contribution >= 4 is 11.6 Å². The van der Waals surface area contributed by atoms with Crippen LogP contribution >= 0.6 is 0 Å². The zero-order valence-electron chi connectivity index (χ0n) is 12.8. The van der Waals surface area contributed by atoms with Gasteiger partial charge in [0.25, 0.3) is 0 Å². The van der Waals surface area contributed by atoms with Crippen LogP contribution in [0, 0.1) is 11.7 Å². The Bertz CT molecular complexity index is 693. The third-order valence-electron chi connectivity index (χ3n) is 4.80. The average Bonchev–Trinajstić information content (AvgIpc) is 3.20. The van der Waals surface area contributed by atoms with E-state index in [1.54, 1.807) is 18.4 Å². The third kappa shape index (κ3) is 2.71. The number of anilines is 1. The van der Waals surface area contributed by atoms with E-state index in [1.165, 1.54) is 6.07 Å². The van der Waals surface area contributed by atoms with E-state index in [2.05, 4.69) is 0 Å². The molecule has 2 heterocycles. The summed E-state index contributed by atoms with van der Waals surface area (Å²) in [5.74, 6) is 1.21. The Morgan fingerprint density at radius 3 is 2.57 bits per heavy atom. The smallest absolute Gasteiger partial charge is 0.226 e. The minimum absolute atomic E-state index is 0.0566. The number of carbonyl (C=O) groups excluding carboxylic acids is 1. The van der Waals surface area contributed by atoms with Gasteiger partial charge in [-0.05, 0) is 30.7 Å². The molecule has 2 fully saturated rings. The van der Waals surface area contributed by atoms with Crippen molar-refractivity contribution in [1.29, 1.82) is 0 Å². The first-order valence-corrected chi connectivity index (χ1v) is 8.05. The molecule has 1 aliphatic carbocycles. The van der Waals surface area contributed by atoms with Crippen LogP contribution in [0.5, 0.6) is 0 Å². The normalized spacial score (nSPS) is 23.9. The maximum Gasteiger partial charge on any atom is 0.226 e. The molecule has 1 aromatic heterocycles. The summed E-state index contributed by atoms with van der Waals surface area (Å²) in [5, 5.41) is 0. The molecule has 1 saturated carbocycles.